The van der Waals surface area contributed by atoms with Crippen LogP contribution in [0.3, 0.4) is 0 Å². The van der Waals surface area contributed by atoms with Crippen molar-refractivity contribution < 1.29 is 14.3 Å². The number of nitrogens with zero attached hydrogens (tertiary/aromatic N) is 1. The molecule has 1 rings (SSSR count). The van der Waals surface area contributed by atoms with Gasteiger partial charge in [0.05, 0.1) is 6.04 Å². The molecule has 1 heterocycles. The number of hydrogen-bond acceptors (Lipinski definition) is 3. The summed E-state index contributed by atoms with van der Waals surface area (Å²) in [4.78, 5) is 26.4. The maximum absolute atomic E-state index is 12.4. The highest BCUT2D eigenvalue weighted by Gasteiger charge is 2.39. The molecule has 114 valence electrons. The summed E-state index contributed by atoms with van der Waals surface area (Å²) in [5, 5.41) is 0. The van der Waals surface area contributed by atoms with Gasteiger partial charge in [0.1, 0.15) is 5.60 Å². The molecule has 1 aliphatic rings. The molecule has 0 bridgehead atoms. The Balaban J connectivity index is 2.93. The third-order valence-corrected chi connectivity index (χ3v) is 3.65. The van der Waals surface area contributed by atoms with Crippen LogP contribution in [0.2, 0.25) is 0 Å². The smallest absolute Gasteiger partial charge is 0.411 e. The number of piperidine rings is 1. The summed E-state index contributed by atoms with van der Waals surface area (Å²) in [7, 11) is 0. The first-order valence-electron chi connectivity index (χ1n) is 7.35. The monoisotopic (exact) mass is 281 g/mol. The minimum absolute atomic E-state index is 0.0320. The van der Waals surface area contributed by atoms with E-state index in [9.17, 15) is 9.59 Å². The minimum atomic E-state index is -0.550. The summed E-state index contributed by atoms with van der Waals surface area (Å²) >= 11 is 0. The van der Waals surface area contributed by atoms with Crippen molar-refractivity contribution in [3.05, 3.63) is 12.7 Å². The molecule has 0 spiro atoms. The number of likely N-dealkylation sites (tertiary alicyclic amines) is 1. The number of carbonyl (C=O) groups is 2. The molecule has 1 unspecified atom stereocenters. The number of carbonyl (C=O) groups excluding carboxylic acids is 2. The van der Waals surface area contributed by atoms with Crippen LogP contribution in [-0.4, -0.2) is 34.5 Å². The minimum Gasteiger partial charge on any atom is -0.444 e. The van der Waals surface area contributed by atoms with Crippen LogP contribution < -0.4 is 0 Å². The molecule has 0 N–H and O–H groups in total. The van der Waals surface area contributed by atoms with Gasteiger partial charge < -0.3 is 4.74 Å². The topological polar surface area (TPSA) is 46.6 Å². The molecule has 0 saturated carbocycles. The van der Waals surface area contributed by atoms with E-state index < -0.39 is 5.60 Å². The lowest BCUT2D eigenvalue weighted by Crippen LogP contribution is -2.54. The van der Waals surface area contributed by atoms with E-state index >= 15 is 0 Å². The lowest BCUT2D eigenvalue weighted by atomic mass is 9.89. The standard InChI is InChI=1S/C16H27NO3/c1-7-11(2)14(18)13-10-8-9-12(3)17(13)15(19)20-16(4,5)6/h7,11-13H,1,8-10H2,2-6H3/t11?,12-,13+/m1/s1. The highest BCUT2D eigenvalue weighted by Crippen LogP contribution is 2.27. The van der Waals surface area contributed by atoms with Crippen molar-refractivity contribution >= 4 is 11.9 Å². The fourth-order valence-corrected chi connectivity index (χ4v) is 2.51. The molecule has 3 atom stereocenters. The van der Waals surface area contributed by atoms with Crippen LogP contribution in [0.5, 0.6) is 0 Å². The van der Waals surface area contributed by atoms with Crippen molar-refractivity contribution in [3.63, 3.8) is 0 Å². The van der Waals surface area contributed by atoms with E-state index in [4.69, 9.17) is 4.74 Å². The van der Waals surface area contributed by atoms with Crippen LogP contribution in [0, 0.1) is 5.92 Å². The van der Waals surface area contributed by atoms with Gasteiger partial charge in [-0.2, -0.15) is 0 Å². The molecule has 1 saturated heterocycles. The van der Waals surface area contributed by atoms with E-state index in [1.54, 1.807) is 11.0 Å². The number of ketones is 1. The molecule has 1 amide bonds. The molecule has 0 aromatic carbocycles. The van der Waals surface area contributed by atoms with Gasteiger partial charge >= 0.3 is 6.09 Å². The maximum atomic E-state index is 12.4. The van der Waals surface area contributed by atoms with Gasteiger partial charge in [-0.1, -0.05) is 13.0 Å². The van der Waals surface area contributed by atoms with Gasteiger partial charge in [-0.05, 0) is 47.0 Å². The number of Topliss-reactive ketones (excluding diaryl/α,β-unsaturated/α-hetero) is 1. The Kier molecular flexibility index (Phi) is 5.37. The lowest BCUT2D eigenvalue weighted by Gasteiger charge is -2.40. The van der Waals surface area contributed by atoms with Crippen molar-refractivity contribution in [1.29, 1.82) is 0 Å². The van der Waals surface area contributed by atoms with Gasteiger partial charge in [-0.3, -0.25) is 9.69 Å². The Morgan fingerprint density at radius 1 is 1.35 bits per heavy atom. The van der Waals surface area contributed by atoms with Gasteiger partial charge in [0, 0.05) is 12.0 Å². The molecule has 4 nitrogen and oxygen atoms in total. The summed E-state index contributed by atoms with van der Waals surface area (Å²) in [6, 6.07) is -0.355. The lowest BCUT2D eigenvalue weighted by molar-refractivity contribution is -0.128. The van der Waals surface area contributed by atoms with E-state index in [1.807, 2.05) is 34.6 Å². The first-order chi connectivity index (χ1) is 9.17. The fraction of sp³-hybridized carbons (Fsp3) is 0.750. The molecule has 0 aromatic heterocycles. The van der Waals surface area contributed by atoms with Crippen LogP contribution in [0.15, 0.2) is 12.7 Å². The molecule has 0 radical (unpaired) electrons. The summed E-state index contributed by atoms with van der Waals surface area (Å²) < 4.78 is 5.45. The maximum Gasteiger partial charge on any atom is 0.411 e. The second kappa shape index (κ2) is 6.42. The van der Waals surface area contributed by atoms with Crippen LogP contribution in [0.1, 0.15) is 53.9 Å². The Hall–Kier alpha value is -1.32. The largest absolute Gasteiger partial charge is 0.444 e. The summed E-state index contributed by atoms with van der Waals surface area (Å²) in [5.41, 5.74) is -0.550. The zero-order chi connectivity index (χ0) is 15.5. The third-order valence-electron chi connectivity index (χ3n) is 3.65. The molecular weight excluding hydrogens is 254 g/mol. The first-order valence-corrected chi connectivity index (χ1v) is 7.35. The van der Waals surface area contributed by atoms with Gasteiger partial charge in [-0.25, -0.2) is 4.79 Å². The molecule has 0 aliphatic carbocycles. The van der Waals surface area contributed by atoms with E-state index in [0.717, 1.165) is 12.8 Å². The van der Waals surface area contributed by atoms with Gasteiger partial charge in [0.25, 0.3) is 0 Å². The van der Waals surface area contributed by atoms with Crippen molar-refractivity contribution in [2.75, 3.05) is 0 Å². The van der Waals surface area contributed by atoms with Crippen molar-refractivity contribution in [2.45, 2.75) is 71.6 Å². The van der Waals surface area contributed by atoms with E-state index in [0.29, 0.717) is 6.42 Å². The highest BCUT2D eigenvalue weighted by atomic mass is 16.6. The molecule has 4 heteroatoms. The molecule has 1 aliphatic heterocycles. The van der Waals surface area contributed by atoms with E-state index in [1.165, 1.54) is 0 Å². The Labute approximate surface area is 122 Å². The molecule has 20 heavy (non-hydrogen) atoms. The predicted octanol–water partition coefficient (Wildman–Crippen LogP) is 3.56. The van der Waals surface area contributed by atoms with E-state index in [2.05, 4.69) is 6.58 Å². The number of hydrogen-bond donors (Lipinski definition) is 0. The number of ether oxygens (including phenoxy) is 1. The van der Waals surface area contributed by atoms with Gasteiger partial charge in [-0.15, -0.1) is 6.58 Å². The van der Waals surface area contributed by atoms with Crippen LogP contribution in [-0.2, 0) is 9.53 Å². The second-order valence-electron chi connectivity index (χ2n) is 6.61. The second-order valence-corrected chi connectivity index (χ2v) is 6.61. The fourth-order valence-electron chi connectivity index (χ4n) is 2.51. The molecule has 1 fully saturated rings. The molecular formula is C16H27NO3. The van der Waals surface area contributed by atoms with Crippen molar-refractivity contribution in [1.82, 2.24) is 4.90 Å². The van der Waals surface area contributed by atoms with Crippen LogP contribution in [0.25, 0.3) is 0 Å². The van der Waals surface area contributed by atoms with E-state index in [-0.39, 0.29) is 29.9 Å². The number of rotatable bonds is 3. The van der Waals surface area contributed by atoms with Gasteiger partial charge in [0.15, 0.2) is 5.78 Å². The highest BCUT2D eigenvalue weighted by molar-refractivity contribution is 5.90. The zero-order valence-corrected chi connectivity index (χ0v) is 13.3. The van der Waals surface area contributed by atoms with Crippen LogP contribution >= 0.6 is 0 Å². The van der Waals surface area contributed by atoms with Crippen molar-refractivity contribution in [2.24, 2.45) is 5.92 Å². The molecule has 0 aromatic rings. The summed E-state index contributed by atoms with van der Waals surface area (Å²) in [6.45, 7) is 13.0. The first kappa shape index (κ1) is 16.7. The average Bonchev–Trinajstić information content (AvgIpc) is 2.34. The number of allylic oxidation sites excluding steroid dienone is 1. The summed E-state index contributed by atoms with van der Waals surface area (Å²) in [6.07, 6.45) is 3.82. The normalized spacial score (nSPS) is 24.9. The van der Waals surface area contributed by atoms with Gasteiger partial charge in [0.2, 0.25) is 0 Å². The quantitative estimate of drug-likeness (QED) is 0.743. The SMILES string of the molecule is C=CC(C)C(=O)[C@@H]1CCC[C@@H](C)N1C(=O)OC(C)(C)C. The third kappa shape index (κ3) is 4.09. The summed E-state index contributed by atoms with van der Waals surface area (Å²) in [5.74, 6) is -0.187. The van der Waals surface area contributed by atoms with Crippen LogP contribution in [0.4, 0.5) is 4.79 Å². The predicted molar refractivity (Wildman–Crippen MR) is 79.5 cm³/mol. The Bertz CT molecular complexity index is 384. The Morgan fingerprint density at radius 2 is 1.95 bits per heavy atom. The number of amides is 1. The Morgan fingerprint density at radius 3 is 2.45 bits per heavy atom. The average molecular weight is 281 g/mol. The zero-order valence-electron chi connectivity index (χ0n) is 13.3. The van der Waals surface area contributed by atoms with Crippen molar-refractivity contribution in [3.8, 4) is 0 Å².